The molecule has 1 saturated carbocycles. The van der Waals surface area contributed by atoms with Gasteiger partial charge in [-0.1, -0.05) is 25.4 Å². The van der Waals surface area contributed by atoms with Gasteiger partial charge in [-0.25, -0.2) is 0 Å². The van der Waals surface area contributed by atoms with Gasteiger partial charge in [-0.3, -0.25) is 0 Å². The maximum atomic E-state index is 6.07. The Bertz CT molecular complexity index is 433. The monoisotopic (exact) mass is 311 g/mol. The first-order valence-electron chi connectivity index (χ1n) is 7.87. The van der Waals surface area contributed by atoms with Crippen LogP contribution >= 0.6 is 11.6 Å². The normalized spacial score (nSPS) is 14.7. The number of ether oxygens (including phenoxy) is 2. The van der Waals surface area contributed by atoms with E-state index < -0.39 is 0 Å². The predicted molar refractivity (Wildman–Crippen MR) is 87.1 cm³/mol. The van der Waals surface area contributed by atoms with E-state index in [-0.39, 0.29) is 0 Å². The fraction of sp³-hybridized carbons (Fsp3) is 0.647. The van der Waals surface area contributed by atoms with Crippen LogP contribution in [0.15, 0.2) is 18.2 Å². The van der Waals surface area contributed by atoms with Gasteiger partial charge in [0, 0.05) is 29.8 Å². The van der Waals surface area contributed by atoms with Crippen LogP contribution in [0.2, 0.25) is 5.02 Å². The van der Waals surface area contributed by atoms with E-state index >= 15 is 0 Å². The summed E-state index contributed by atoms with van der Waals surface area (Å²) in [5.41, 5.74) is 1.12. The lowest BCUT2D eigenvalue weighted by Crippen LogP contribution is -2.16. The number of halogens is 1. The Kier molecular flexibility index (Phi) is 6.81. The van der Waals surface area contributed by atoms with Crippen molar-refractivity contribution in [3.8, 4) is 5.75 Å². The highest BCUT2D eigenvalue weighted by molar-refractivity contribution is 6.30. The van der Waals surface area contributed by atoms with Crippen LogP contribution in [-0.2, 0) is 11.3 Å². The molecule has 0 bridgehead atoms. The van der Waals surface area contributed by atoms with Gasteiger partial charge < -0.3 is 14.8 Å². The molecule has 1 aromatic carbocycles. The fourth-order valence-corrected chi connectivity index (χ4v) is 2.20. The summed E-state index contributed by atoms with van der Waals surface area (Å²) in [5, 5.41) is 4.25. The van der Waals surface area contributed by atoms with Crippen LogP contribution in [0, 0.1) is 5.92 Å². The molecule has 1 N–H and O–H groups in total. The molecule has 0 amide bonds. The first kappa shape index (κ1) is 16.6. The molecule has 1 aliphatic rings. The molecule has 0 radical (unpaired) electrons. The Morgan fingerprint density at radius 2 is 2.05 bits per heavy atom. The first-order valence-corrected chi connectivity index (χ1v) is 8.25. The molecule has 1 fully saturated rings. The Morgan fingerprint density at radius 3 is 2.76 bits per heavy atom. The van der Waals surface area contributed by atoms with Crippen LogP contribution in [0.5, 0.6) is 5.75 Å². The zero-order chi connectivity index (χ0) is 15.1. The molecular weight excluding hydrogens is 286 g/mol. The molecule has 1 aromatic rings. The minimum Gasteiger partial charge on any atom is -0.491 e. The SMILES string of the molecule is CC(C)CCOCCOc1ccc(Cl)cc1CNC1CC1. The summed E-state index contributed by atoms with van der Waals surface area (Å²) in [6.45, 7) is 7.23. The third-order valence-electron chi connectivity index (χ3n) is 3.51. The molecule has 21 heavy (non-hydrogen) atoms. The fourth-order valence-electron chi connectivity index (χ4n) is 2.00. The summed E-state index contributed by atoms with van der Waals surface area (Å²) in [4.78, 5) is 0. The Hall–Kier alpha value is -0.770. The van der Waals surface area contributed by atoms with Crippen molar-refractivity contribution in [2.24, 2.45) is 5.92 Å². The summed E-state index contributed by atoms with van der Waals surface area (Å²) >= 11 is 6.07. The van der Waals surface area contributed by atoms with Gasteiger partial charge in [0.1, 0.15) is 12.4 Å². The number of nitrogens with one attached hydrogen (secondary N) is 1. The molecule has 4 heteroatoms. The van der Waals surface area contributed by atoms with Crippen molar-refractivity contribution >= 4 is 11.6 Å². The number of benzene rings is 1. The molecule has 0 saturated heterocycles. The smallest absolute Gasteiger partial charge is 0.124 e. The molecule has 0 heterocycles. The standard InChI is InChI=1S/C17H26ClNO2/c1-13(2)7-8-20-9-10-21-17-6-3-15(18)11-14(17)12-19-16-4-5-16/h3,6,11,13,16,19H,4-5,7-10,12H2,1-2H3. The van der Waals surface area contributed by atoms with E-state index in [2.05, 4.69) is 19.2 Å². The van der Waals surface area contributed by atoms with Crippen LogP contribution in [0.3, 0.4) is 0 Å². The molecule has 2 rings (SSSR count). The van der Waals surface area contributed by atoms with Gasteiger partial charge in [0.2, 0.25) is 0 Å². The van der Waals surface area contributed by atoms with E-state index in [1.165, 1.54) is 12.8 Å². The Morgan fingerprint density at radius 1 is 1.24 bits per heavy atom. The van der Waals surface area contributed by atoms with E-state index in [4.69, 9.17) is 21.1 Å². The third-order valence-corrected chi connectivity index (χ3v) is 3.74. The van der Waals surface area contributed by atoms with Crippen LogP contribution in [0.1, 0.15) is 38.7 Å². The molecule has 0 unspecified atom stereocenters. The lowest BCUT2D eigenvalue weighted by atomic mass is 10.1. The Labute approximate surface area is 133 Å². The van der Waals surface area contributed by atoms with Gasteiger partial charge in [0.15, 0.2) is 0 Å². The first-order chi connectivity index (χ1) is 10.1. The topological polar surface area (TPSA) is 30.5 Å². The van der Waals surface area contributed by atoms with Gasteiger partial charge in [0.05, 0.1) is 6.61 Å². The molecule has 0 aliphatic heterocycles. The summed E-state index contributed by atoms with van der Waals surface area (Å²) in [6, 6.07) is 6.47. The van der Waals surface area contributed by atoms with Crippen LogP contribution < -0.4 is 10.1 Å². The molecule has 1 aliphatic carbocycles. The van der Waals surface area contributed by atoms with E-state index in [9.17, 15) is 0 Å². The van der Waals surface area contributed by atoms with Gasteiger partial charge in [-0.05, 0) is 43.4 Å². The maximum absolute atomic E-state index is 6.07. The molecule has 118 valence electrons. The highest BCUT2D eigenvalue weighted by Gasteiger charge is 2.20. The average molecular weight is 312 g/mol. The molecule has 0 aromatic heterocycles. The molecule has 3 nitrogen and oxygen atoms in total. The van der Waals surface area contributed by atoms with Gasteiger partial charge >= 0.3 is 0 Å². The number of rotatable bonds is 10. The van der Waals surface area contributed by atoms with E-state index in [0.29, 0.717) is 25.2 Å². The van der Waals surface area contributed by atoms with Gasteiger partial charge in [-0.15, -0.1) is 0 Å². The summed E-state index contributed by atoms with van der Waals surface area (Å²) in [5.74, 6) is 1.59. The highest BCUT2D eigenvalue weighted by atomic mass is 35.5. The largest absolute Gasteiger partial charge is 0.491 e. The number of hydrogen-bond donors (Lipinski definition) is 1. The van der Waals surface area contributed by atoms with Crippen molar-refractivity contribution in [2.75, 3.05) is 19.8 Å². The van der Waals surface area contributed by atoms with E-state index in [1.54, 1.807) is 0 Å². The quantitative estimate of drug-likeness (QED) is 0.662. The molecule has 0 spiro atoms. The van der Waals surface area contributed by atoms with Crippen LogP contribution in [-0.4, -0.2) is 25.9 Å². The maximum Gasteiger partial charge on any atom is 0.124 e. The van der Waals surface area contributed by atoms with E-state index in [1.807, 2.05) is 18.2 Å². The highest BCUT2D eigenvalue weighted by Crippen LogP contribution is 2.25. The van der Waals surface area contributed by atoms with Gasteiger partial charge in [0.25, 0.3) is 0 Å². The number of hydrogen-bond acceptors (Lipinski definition) is 3. The van der Waals surface area contributed by atoms with Crippen molar-refractivity contribution in [2.45, 2.75) is 45.7 Å². The third kappa shape index (κ3) is 6.68. The molecular formula is C17H26ClNO2. The molecule has 0 atom stereocenters. The van der Waals surface area contributed by atoms with Crippen LogP contribution in [0.25, 0.3) is 0 Å². The lowest BCUT2D eigenvalue weighted by molar-refractivity contribution is 0.0922. The summed E-state index contributed by atoms with van der Waals surface area (Å²) in [7, 11) is 0. The van der Waals surface area contributed by atoms with Crippen molar-refractivity contribution in [3.63, 3.8) is 0 Å². The second-order valence-electron chi connectivity index (χ2n) is 6.05. The lowest BCUT2D eigenvalue weighted by Gasteiger charge is -2.13. The second-order valence-corrected chi connectivity index (χ2v) is 6.49. The van der Waals surface area contributed by atoms with Crippen LogP contribution in [0.4, 0.5) is 0 Å². The summed E-state index contributed by atoms with van der Waals surface area (Å²) in [6.07, 6.45) is 3.65. The zero-order valence-electron chi connectivity index (χ0n) is 13.0. The predicted octanol–water partition coefficient (Wildman–Crippen LogP) is 4.03. The van der Waals surface area contributed by atoms with E-state index in [0.717, 1.165) is 35.9 Å². The van der Waals surface area contributed by atoms with Crippen molar-refractivity contribution < 1.29 is 9.47 Å². The Balaban J connectivity index is 1.73. The minimum atomic E-state index is 0.580. The second kappa shape index (κ2) is 8.62. The van der Waals surface area contributed by atoms with Crippen molar-refractivity contribution in [3.05, 3.63) is 28.8 Å². The summed E-state index contributed by atoms with van der Waals surface area (Å²) < 4.78 is 11.4. The minimum absolute atomic E-state index is 0.580. The van der Waals surface area contributed by atoms with Crippen molar-refractivity contribution in [1.82, 2.24) is 5.32 Å². The zero-order valence-corrected chi connectivity index (χ0v) is 13.8. The van der Waals surface area contributed by atoms with Crippen molar-refractivity contribution in [1.29, 1.82) is 0 Å². The van der Waals surface area contributed by atoms with Gasteiger partial charge in [-0.2, -0.15) is 0 Å². The average Bonchev–Trinajstić information content (AvgIpc) is 3.26.